The lowest BCUT2D eigenvalue weighted by molar-refractivity contribution is -0.121. The van der Waals surface area contributed by atoms with Gasteiger partial charge in [0, 0.05) is 25.0 Å². The predicted octanol–water partition coefficient (Wildman–Crippen LogP) is 4.39. The van der Waals surface area contributed by atoms with Gasteiger partial charge in [-0.2, -0.15) is 0 Å². The van der Waals surface area contributed by atoms with E-state index < -0.39 is 0 Å². The van der Waals surface area contributed by atoms with Gasteiger partial charge in [0.15, 0.2) is 5.13 Å². The third-order valence-electron chi connectivity index (χ3n) is 6.22. The molecule has 8 heteroatoms. The number of fused-ring (bicyclic) bond motifs is 1. The molecule has 3 heterocycles. The summed E-state index contributed by atoms with van der Waals surface area (Å²) in [6.07, 6.45) is 2.22. The van der Waals surface area contributed by atoms with Crippen LogP contribution in [0.1, 0.15) is 47.2 Å². The number of nitrogens with zero attached hydrogens (tertiary/aromatic N) is 3. The number of benzene rings is 2. The zero-order chi connectivity index (χ0) is 23.1. The van der Waals surface area contributed by atoms with E-state index in [9.17, 15) is 14.4 Å². The highest BCUT2D eigenvalue weighted by Gasteiger charge is 2.32. The van der Waals surface area contributed by atoms with Gasteiger partial charge in [-0.05, 0) is 56.0 Å². The molecule has 33 heavy (non-hydrogen) atoms. The molecule has 2 aliphatic rings. The molecular formula is C25H25N3O4S. The Morgan fingerprint density at radius 3 is 2.61 bits per heavy atom. The number of thiazole rings is 1. The summed E-state index contributed by atoms with van der Waals surface area (Å²) in [7, 11) is 0. The highest BCUT2D eigenvalue weighted by Crippen LogP contribution is 2.35. The first kappa shape index (κ1) is 21.7. The second-order valence-electron chi connectivity index (χ2n) is 8.60. The summed E-state index contributed by atoms with van der Waals surface area (Å²) in [5.74, 6) is -0.698. The van der Waals surface area contributed by atoms with Crippen molar-refractivity contribution in [3.63, 3.8) is 0 Å². The quantitative estimate of drug-likeness (QED) is 0.524. The minimum atomic E-state index is -0.238. The fraction of sp³-hybridized carbons (Fsp3) is 0.360. The molecule has 0 radical (unpaired) electrons. The van der Waals surface area contributed by atoms with Gasteiger partial charge in [0.1, 0.15) is 0 Å². The number of rotatable bonds is 5. The van der Waals surface area contributed by atoms with Gasteiger partial charge < -0.3 is 4.74 Å². The van der Waals surface area contributed by atoms with E-state index in [-0.39, 0.29) is 36.7 Å². The SMILES string of the molecule is Cc1ccc(C)c2sc(N(CC3CCCO3)C(=O)c3cccc(N4C(=O)CCC4=O)c3)nc12. The largest absolute Gasteiger partial charge is 0.376 e. The van der Waals surface area contributed by atoms with Gasteiger partial charge in [-0.15, -0.1) is 0 Å². The Kier molecular flexibility index (Phi) is 5.72. The maximum absolute atomic E-state index is 13.8. The van der Waals surface area contributed by atoms with E-state index in [0.29, 0.717) is 29.5 Å². The topological polar surface area (TPSA) is 79.8 Å². The molecule has 2 saturated heterocycles. The van der Waals surface area contributed by atoms with Crippen molar-refractivity contribution >= 4 is 50.1 Å². The Morgan fingerprint density at radius 2 is 1.91 bits per heavy atom. The molecule has 2 fully saturated rings. The van der Waals surface area contributed by atoms with Crippen LogP contribution in [0.25, 0.3) is 10.2 Å². The van der Waals surface area contributed by atoms with Gasteiger partial charge in [0.2, 0.25) is 11.8 Å². The average molecular weight is 464 g/mol. The van der Waals surface area contributed by atoms with Crippen LogP contribution in [0.4, 0.5) is 10.8 Å². The van der Waals surface area contributed by atoms with Gasteiger partial charge in [-0.25, -0.2) is 4.98 Å². The molecule has 3 aromatic rings. The Labute approximate surface area is 196 Å². The second-order valence-corrected chi connectivity index (χ2v) is 9.58. The molecule has 0 N–H and O–H groups in total. The Hall–Kier alpha value is -3.10. The lowest BCUT2D eigenvalue weighted by atomic mass is 10.1. The number of hydrogen-bond donors (Lipinski definition) is 0. The van der Waals surface area contributed by atoms with Gasteiger partial charge >= 0.3 is 0 Å². The molecule has 2 aromatic carbocycles. The average Bonchev–Trinajstić information content (AvgIpc) is 3.55. The Morgan fingerprint density at radius 1 is 1.15 bits per heavy atom. The van der Waals surface area contributed by atoms with Crippen LogP contribution in [0.5, 0.6) is 0 Å². The van der Waals surface area contributed by atoms with Gasteiger partial charge in [-0.3, -0.25) is 24.2 Å². The summed E-state index contributed by atoms with van der Waals surface area (Å²) in [5, 5.41) is 0.627. The summed E-state index contributed by atoms with van der Waals surface area (Å²) in [6, 6.07) is 10.8. The van der Waals surface area contributed by atoms with Crippen LogP contribution in [-0.4, -0.2) is 42.0 Å². The number of amides is 3. The number of aryl methyl sites for hydroxylation is 2. The van der Waals surface area contributed by atoms with Gasteiger partial charge in [0.25, 0.3) is 5.91 Å². The predicted molar refractivity (Wildman–Crippen MR) is 128 cm³/mol. The number of imide groups is 1. The lowest BCUT2D eigenvalue weighted by Gasteiger charge is -2.23. The van der Waals surface area contributed by atoms with E-state index in [1.54, 1.807) is 29.2 Å². The third-order valence-corrected chi connectivity index (χ3v) is 7.43. The molecule has 3 amide bonds. The number of carbonyl (C=O) groups excluding carboxylic acids is 3. The minimum absolute atomic E-state index is 0.0481. The van der Waals surface area contributed by atoms with Crippen LogP contribution in [0.3, 0.4) is 0 Å². The molecule has 0 saturated carbocycles. The van der Waals surface area contributed by atoms with E-state index in [1.807, 2.05) is 19.9 Å². The number of hydrogen-bond acceptors (Lipinski definition) is 6. The minimum Gasteiger partial charge on any atom is -0.376 e. The first-order chi connectivity index (χ1) is 15.9. The summed E-state index contributed by atoms with van der Waals surface area (Å²) in [5.41, 5.74) is 3.93. The molecule has 0 spiro atoms. The molecule has 0 aliphatic carbocycles. The standard InChI is InChI=1S/C25H25N3O4S/c1-15-8-9-16(2)23-22(15)26-25(33-23)27(14-19-7-4-12-32-19)24(31)17-5-3-6-18(13-17)28-20(29)10-11-21(28)30/h3,5-6,8-9,13,19H,4,7,10-12,14H2,1-2H3. The van der Waals surface area contributed by atoms with Crippen LogP contribution in [-0.2, 0) is 14.3 Å². The van der Waals surface area contributed by atoms with Gasteiger partial charge in [0.05, 0.1) is 28.6 Å². The van der Waals surface area contributed by atoms with Crippen molar-refractivity contribution in [1.29, 1.82) is 0 Å². The summed E-state index contributed by atoms with van der Waals surface area (Å²) < 4.78 is 6.90. The first-order valence-corrected chi connectivity index (χ1v) is 12.0. The molecule has 1 aromatic heterocycles. The smallest absolute Gasteiger partial charge is 0.260 e. The highest BCUT2D eigenvalue weighted by atomic mass is 32.1. The van der Waals surface area contributed by atoms with Crippen LogP contribution in [0.2, 0.25) is 0 Å². The van der Waals surface area contributed by atoms with Crippen molar-refractivity contribution in [3.8, 4) is 0 Å². The number of anilines is 2. The molecule has 0 bridgehead atoms. The molecule has 7 nitrogen and oxygen atoms in total. The molecule has 1 unspecified atom stereocenters. The van der Waals surface area contributed by atoms with Crippen LogP contribution < -0.4 is 9.80 Å². The van der Waals surface area contributed by atoms with Crippen molar-refractivity contribution in [3.05, 3.63) is 53.1 Å². The number of aromatic nitrogens is 1. The summed E-state index contributed by atoms with van der Waals surface area (Å²) >= 11 is 1.50. The van der Waals surface area contributed by atoms with Crippen LogP contribution >= 0.6 is 11.3 Å². The Balaban J connectivity index is 1.53. The number of ether oxygens (including phenoxy) is 1. The van der Waals surface area contributed by atoms with Crippen molar-refractivity contribution < 1.29 is 19.1 Å². The van der Waals surface area contributed by atoms with E-state index in [0.717, 1.165) is 34.2 Å². The zero-order valence-corrected chi connectivity index (χ0v) is 19.5. The second kappa shape index (κ2) is 8.68. The Bertz CT molecular complexity index is 1210. The molecule has 1 atom stereocenters. The third kappa shape index (κ3) is 4.05. The fourth-order valence-electron chi connectivity index (χ4n) is 4.40. The molecule has 5 rings (SSSR count). The molecular weight excluding hydrogens is 438 g/mol. The van der Waals surface area contributed by atoms with Crippen molar-refractivity contribution in [2.75, 3.05) is 23.0 Å². The fourth-order valence-corrected chi connectivity index (χ4v) is 5.52. The maximum atomic E-state index is 13.8. The highest BCUT2D eigenvalue weighted by molar-refractivity contribution is 7.22. The van der Waals surface area contributed by atoms with E-state index in [4.69, 9.17) is 9.72 Å². The lowest BCUT2D eigenvalue weighted by Crippen LogP contribution is -2.37. The maximum Gasteiger partial charge on any atom is 0.260 e. The summed E-state index contributed by atoms with van der Waals surface area (Å²) in [4.78, 5) is 45.9. The van der Waals surface area contributed by atoms with E-state index in [2.05, 4.69) is 6.07 Å². The normalized spacial score (nSPS) is 18.5. The van der Waals surface area contributed by atoms with Crippen molar-refractivity contribution in [1.82, 2.24) is 4.98 Å². The summed E-state index contributed by atoms with van der Waals surface area (Å²) in [6.45, 7) is 5.16. The van der Waals surface area contributed by atoms with Crippen LogP contribution in [0.15, 0.2) is 36.4 Å². The molecule has 170 valence electrons. The first-order valence-electron chi connectivity index (χ1n) is 11.2. The van der Waals surface area contributed by atoms with Gasteiger partial charge in [-0.1, -0.05) is 29.5 Å². The van der Waals surface area contributed by atoms with Crippen molar-refractivity contribution in [2.45, 2.75) is 45.6 Å². The van der Waals surface area contributed by atoms with Crippen LogP contribution in [0, 0.1) is 13.8 Å². The van der Waals surface area contributed by atoms with E-state index in [1.165, 1.54) is 16.2 Å². The monoisotopic (exact) mass is 463 g/mol. The van der Waals surface area contributed by atoms with Crippen molar-refractivity contribution in [2.24, 2.45) is 0 Å². The zero-order valence-electron chi connectivity index (χ0n) is 18.7. The van der Waals surface area contributed by atoms with E-state index >= 15 is 0 Å². The molecule has 2 aliphatic heterocycles. The number of carbonyl (C=O) groups is 3.